The van der Waals surface area contributed by atoms with Crippen LogP contribution >= 0.6 is 0 Å². The summed E-state index contributed by atoms with van der Waals surface area (Å²) in [7, 11) is 0. The van der Waals surface area contributed by atoms with Gasteiger partial charge in [-0.05, 0) is 6.92 Å². The fourth-order valence-corrected chi connectivity index (χ4v) is 1.85. The van der Waals surface area contributed by atoms with Crippen molar-refractivity contribution in [3.63, 3.8) is 0 Å². The highest BCUT2D eigenvalue weighted by Crippen LogP contribution is 2.27. The lowest BCUT2D eigenvalue weighted by molar-refractivity contribution is -0.0459. The predicted molar refractivity (Wildman–Crippen MR) is 67.6 cm³/mol. The van der Waals surface area contributed by atoms with E-state index in [0.29, 0.717) is 5.56 Å². The molecule has 0 aliphatic carbocycles. The number of hydrogen-bond acceptors (Lipinski definition) is 5. The molecule has 1 aliphatic rings. The zero-order chi connectivity index (χ0) is 12.6. The average Bonchev–Trinajstić information content (AvgIpc) is 2.65. The smallest absolute Gasteiger partial charge is 0.330 e. The minimum atomic E-state index is -0.816. The van der Waals surface area contributed by atoms with Crippen LogP contribution in [0.1, 0.15) is 18.2 Å². The molecule has 1 saturated heterocycles. The van der Waals surface area contributed by atoms with Gasteiger partial charge in [0.25, 0.3) is 5.56 Å². The number of aliphatic hydroxyl groups is 2. The van der Waals surface area contributed by atoms with Gasteiger partial charge >= 0.3 is 5.69 Å². The number of hydrogen-bond donors (Lipinski definition) is 3. The van der Waals surface area contributed by atoms with Crippen LogP contribution in [0.2, 0.25) is 0 Å². The summed E-state index contributed by atoms with van der Waals surface area (Å²) < 4.78 is 6.54. The molecule has 18 heavy (non-hydrogen) atoms. The summed E-state index contributed by atoms with van der Waals surface area (Å²) in [5, 5.41) is 18.5. The molecular weight excluding hydrogens is 255 g/mol. The molecule has 1 aromatic rings. The predicted octanol–water partition coefficient (Wildman–Crippen LogP) is -2.70. The Labute approximate surface area is 113 Å². The molecule has 0 bridgehead atoms. The van der Waals surface area contributed by atoms with Crippen molar-refractivity contribution in [2.75, 3.05) is 6.61 Å². The second-order valence-electron chi connectivity index (χ2n) is 4.09. The summed E-state index contributed by atoms with van der Waals surface area (Å²) in [5.74, 6) is 0. The van der Waals surface area contributed by atoms with Crippen LogP contribution in [0.5, 0.6) is 0 Å². The van der Waals surface area contributed by atoms with Crippen LogP contribution in [-0.2, 0) is 4.74 Å². The van der Waals surface area contributed by atoms with E-state index >= 15 is 0 Å². The molecule has 2 rings (SSSR count). The van der Waals surface area contributed by atoms with E-state index in [0.717, 1.165) is 0 Å². The van der Waals surface area contributed by atoms with Gasteiger partial charge in [-0.1, -0.05) is 0 Å². The lowest BCUT2D eigenvalue weighted by atomic mass is 10.2. The molecule has 1 aliphatic heterocycles. The lowest BCUT2D eigenvalue weighted by Crippen LogP contribution is -2.33. The lowest BCUT2D eigenvalue weighted by Gasteiger charge is -2.14. The molecule has 1 fully saturated rings. The molecule has 1 aromatic heterocycles. The largest absolute Gasteiger partial charge is 0.394 e. The number of H-pyrrole nitrogens is 1. The fraction of sp³-hybridized carbons (Fsp3) is 0.600. The van der Waals surface area contributed by atoms with E-state index in [1.165, 1.54) is 10.8 Å². The quantitative estimate of drug-likeness (QED) is 0.508. The zero-order valence-electron chi connectivity index (χ0n) is 9.29. The Hall–Kier alpha value is -0.908. The van der Waals surface area contributed by atoms with Gasteiger partial charge in [-0.15, -0.1) is 0 Å². The van der Waals surface area contributed by atoms with Crippen molar-refractivity contribution in [2.45, 2.75) is 31.8 Å². The Morgan fingerprint density at radius 3 is 2.78 bits per heavy atom. The van der Waals surface area contributed by atoms with Crippen molar-refractivity contribution in [1.82, 2.24) is 9.55 Å². The van der Waals surface area contributed by atoms with E-state index in [2.05, 4.69) is 4.98 Å². The number of nitrogens with zero attached hydrogens (tertiary/aromatic N) is 1. The summed E-state index contributed by atoms with van der Waals surface area (Å²) in [6.45, 7) is 1.26. The second kappa shape index (κ2) is 5.82. The normalized spacial score (nSPS) is 26.9. The maximum absolute atomic E-state index is 11.6. The number of nitrogens with one attached hydrogen (secondary N) is 1. The van der Waals surface area contributed by atoms with Gasteiger partial charge in [0, 0.05) is 18.2 Å². The van der Waals surface area contributed by atoms with Crippen LogP contribution in [0.25, 0.3) is 0 Å². The maximum atomic E-state index is 11.6. The Kier molecular flexibility index (Phi) is 4.90. The summed E-state index contributed by atoms with van der Waals surface area (Å²) in [6, 6.07) is 0. The minimum absolute atomic E-state index is 0. The van der Waals surface area contributed by atoms with Gasteiger partial charge < -0.3 is 14.9 Å². The van der Waals surface area contributed by atoms with Gasteiger partial charge in [0.15, 0.2) is 17.4 Å². The molecule has 100 valence electrons. The number of rotatable bonds is 2. The van der Waals surface area contributed by atoms with E-state index in [-0.39, 0.29) is 30.4 Å². The maximum Gasteiger partial charge on any atom is 0.330 e. The van der Waals surface area contributed by atoms with Crippen molar-refractivity contribution < 1.29 is 14.9 Å². The Bertz CT molecular complexity index is 526. The van der Waals surface area contributed by atoms with E-state index in [4.69, 9.17) is 9.84 Å². The molecule has 2 heterocycles. The topological polar surface area (TPSA) is 105 Å². The molecule has 7 nitrogen and oxygen atoms in total. The number of aromatic nitrogens is 2. The van der Waals surface area contributed by atoms with E-state index in [9.17, 15) is 14.7 Å². The Morgan fingerprint density at radius 1 is 1.56 bits per heavy atom. The summed E-state index contributed by atoms with van der Waals surface area (Å²) in [4.78, 5) is 24.9. The first-order chi connectivity index (χ1) is 8.02. The van der Waals surface area contributed by atoms with Gasteiger partial charge in [-0.2, -0.15) is 0 Å². The molecule has 0 unspecified atom stereocenters. The Balaban J connectivity index is 0.00000162. The first kappa shape index (κ1) is 15.2. The molecule has 3 N–H and O–H groups in total. The highest BCUT2D eigenvalue weighted by atomic mass is 27.0. The van der Waals surface area contributed by atoms with Crippen LogP contribution in [0, 0.1) is 6.92 Å². The summed E-state index contributed by atoms with van der Waals surface area (Å²) in [6.07, 6.45) is -0.581. The first-order valence-corrected chi connectivity index (χ1v) is 5.29. The standard InChI is InChI=1S/C10H14N2O5.Al.3H/c1-5-3-12(10(16)11-9(5)15)8-2-6(14)7(4-13)17-8;;;;/h3,6-8,13-14H,2,4H2,1H3,(H,11,15,16);;;;/t6-,7+,8+;;;;/m0..../s1. The van der Waals surface area contributed by atoms with Gasteiger partial charge in [0.05, 0.1) is 12.7 Å². The third kappa shape index (κ3) is 2.74. The van der Waals surface area contributed by atoms with Gasteiger partial charge in [-0.25, -0.2) is 4.79 Å². The molecule has 3 atom stereocenters. The van der Waals surface area contributed by atoms with Gasteiger partial charge in [0.1, 0.15) is 12.3 Å². The van der Waals surface area contributed by atoms with Crippen molar-refractivity contribution >= 4 is 17.4 Å². The van der Waals surface area contributed by atoms with E-state index in [1.807, 2.05) is 0 Å². The average molecular weight is 272 g/mol. The summed E-state index contributed by atoms with van der Waals surface area (Å²) in [5.41, 5.74) is -0.643. The van der Waals surface area contributed by atoms with Crippen molar-refractivity contribution in [2.24, 2.45) is 0 Å². The first-order valence-electron chi connectivity index (χ1n) is 5.29. The van der Waals surface area contributed by atoms with Gasteiger partial charge in [-0.3, -0.25) is 14.3 Å². The highest BCUT2D eigenvalue weighted by Gasteiger charge is 2.34. The number of aromatic amines is 1. The monoisotopic (exact) mass is 272 g/mol. The number of aliphatic hydroxyl groups excluding tert-OH is 2. The van der Waals surface area contributed by atoms with E-state index < -0.39 is 29.7 Å². The number of ether oxygens (including phenoxy) is 1. The van der Waals surface area contributed by atoms with Crippen LogP contribution in [-0.4, -0.2) is 55.9 Å². The Morgan fingerprint density at radius 2 is 2.22 bits per heavy atom. The minimum Gasteiger partial charge on any atom is -0.394 e. The SMILES string of the molecule is Cc1cn([C@H]2C[C@H](O)[C@@H](CO)O2)c(=O)[nH]c1=O.[AlH3]. The number of aryl methyl sites for hydroxylation is 1. The van der Waals surface area contributed by atoms with Crippen LogP contribution in [0.15, 0.2) is 15.8 Å². The molecule has 0 spiro atoms. The molecule has 0 aromatic carbocycles. The highest BCUT2D eigenvalue weighted by molar-refractivity contribution is 5.75. The van der Waals surface area contributed by atoms with Crippen molar-refractivity contribution in [3.05, 3.63) is 32.6 Å². The van der Waals surface area contributed by atoms with Gasteiger partial charge in [0.2, 0.25) is 0 Å². The molecule has 8 heteroatoms. The fourth-order valence-electron chi connectivity index (χ4n) is 1.85. The third-order valence-electron chi connectivity index (χ3n) is 2.84. The van der Waals surface area contributed by atoms with Crippen LogP contribution in [0.4, 0.5) is 0 Å². The van der Waals surface area contributed by atoms with Crippen molar-refractivity contribution in [3.8, 4) is 0 Å². The summed E-state index contributed by atoms with van der Waals surface area (Å²) >= 11 is 0. The molecule has 0 saturated carbocycles. The zero-order valence-corrected chi connectivity index (χ0v) is 9.29. The molecule has 0 amide bonds. The second-order valence-corrected chi connectivity index (χ2v) is 4.09. The third-order valence-corrected chi connectivity index (χ3v) is 2.84. The van der Waals surface area contributed by atoms with Crippen molar-refractivity contribution in [1.29, 1.82) is 0 Å². The van der Waals surface area contributed by atoms with Crippen LogP contribution < -0.4 is 11.2 Å². The van der Waals surface area contributed by atoms with Crippen LogP contribution in [0.3, 0.4) is 0 Å². The molecule has 0 radical (unpaired) electrons. The molecular formula is C10H17AlN2O5. The van der Waals surface area contributed by atoms with E-state index in [1.54, 1.807) is 6.92 Å².